The monoisotopic (exact) mass is 271 g/mol. The molecule has 1 saturated heterocycles. The number of hydrogen-bond donors (Lipinski definition) is 1. The van der Waals surface area contributed by atoms with E-state index in [0.717, 1.165) is 5.69 Å². The molecule has 98 valence electrons. The Balaban J connectivity index is 2.06. The van der Waals surface area contributed by atoms with Gasteiger partial charge in [-0.25, -0.2) is 4.39 Å². The lowest BCUT2D eigenvalue weighted by molar-refractivity contribution is -0.151. The zero-order chi connectivity index (χ0) is 13.2. The summed E-state index contributed by atoms with van der Waals surface area (Å²) in [5, 5.41) is 9.77. The van der Waals surface area contributed by atoms with Gasteiger partial charge in [-0.15, -0.1) is 0 Å². The highest BCUT2D eigenvalue weighted by molar-refractivity contribution is 6.30. The van der Waals surface area contributed by atoms with E-state index in [-0.39, 0.29) is 0 Å². The first-order valence-electron chi connectivity index (χ1n) is 5.87. The predicted molar refractivity (Wildman–Crippen MR) is 68.9 cm³/mol. The summed E-state index contributed by atoms with van der Waals surface area (Å²) in [6.07, 6.45) is 0.670. The molecule has 1 aromatic rings. The highest BCUT2D eigenvalue weighted by Crippen LogP contribution is 2.34. The molecule has 0 saturated carbocycles. The van der Waals surface area contributed by atoms with Crippen molar-refractivity contribution in [2.75, 3.05) is 24.7 Å². The number of hydrogen-bond acceptors (Lipinski definition) is 2. The Hall–Kier alpha value is -1.29. The van der Waals surface area contributed by atoms with Gasteiger partial charge in [0.05, 0.1) is 5.41 Å². The number of nitrogens with zero attached hydrogens (tertiary/aromatic N) is 1. The maximum Gasteiger partial charge on any atom is 0.312 e. The van der Waals surface area contributed by atoms with Crippen LogP contribution in [0.15, 0.2) is 24.3 Å². The van der Waals surface area contributed by atoms with Gasteiger partial charge in [-0.2, -0.15) is 0 Å². The largest absolute Gasteiger partial charge is 0.481 e. The average Bonchev–Trinajstić information content (AvgIpc) is 2.39. The van der Waals surface area contributed by atoms with Crippen molar-refractivity contribution in [3.05, 3.63) is 29.3 Å². The first kappa shape index (κ1) is 13.1. The van der Waals surface area contributed by atoms with Crippen LogP contribution in [0.25, 0.3) is 0 Å². The maximum atomic E-state index is 13.0. The van der Waals surface area contributed by atoms with Crippen LogP contribution in [-0.2, 0) is 4.79 Å². The summed E-state index contributed by atoms with van der Waals surface area (Å²) in [7, 11) is 0. The highest BCUT2D eigenvalue weighted by Gasteiger charge is 2.41. The molecule has 1 aliphatic rings. The molecule has 0 aromatic heterocycles. The minimum absolute atomic E-state index is 0.335. The van der Waals surface area contributed by atoms with Crippen molar-refractivity contribution in [1.82, 2.24) is 0 Å². The van der Waals surface area contributed by atoms with E-state index in [1.807, 2.05) is 12.1 Å². The number of carboxylic acid groups (broad SMARTS) is 1. The topological polar surface area (TPSA) is 40.5 Å². The number of carbonyl (C=O) groups is 1. The molecule has 0 amide bonds. The Kier molecular flexibility index (Phi) is 3.76. The van der Waals surface area contributed by atoms with Crippen LogP contribution in [0.1, 0.15) is 12.8 Å². The quantitative estimate of drug-likeness (QED) is 0.919. The molecular weight excluding hydrogens is 257 g/mol. The molecular formula is C13H15ClFNO2. The molecule has 0 aliphatic carbocycles. The van der Waals surface area contributed by atoms with E-state index >= 15 is 0 Å². The van der Waals surface area contributed by atoms with Crippen molar-refractivity contribution in [2.24, 2.45) is 5.41 Å². The third kappa shape index (κ3) is 2.43. The number of rotatable bonds is 3. The van der Waals surface area contributed by atoms with Crippen molar-refractivity contribution >= 4 is 23.3 Å². The van der Waals surface area contributed by atoms with E-state index in [9.17, 15) is 9.18 Å². The van der Waals surface area contributed by atoms with Crippen LogP contribution in [0, 0.1) is 5.41 Å². The number of alkyl halides is 1. The van der Waals surface area contributed by atoms with Crippen LogP contribution in [0.5, 0.6) is 0 Å². The zero-order valence-electron chi connectivity index (χ0n) is 9.90. The first-order valence-corrected chi connectivity index (χ1v) is 6.25. The fourth-order valence-electron chi connectivity index (χ4n) is 2.25. The molecule has 1 aromatic carbocycles. The fraction of sp³-hybridized carbons (Fsp3) is 0.462. The summed E-state index contributed by atoms with van der Waals surface area (Å²) < 4.78 is 13.0. The number of halogens is 2. The van der Waals surface area contributed by atoms with Gasteiger partial charge in [0.2, 0.25) is 0 Å². The van der Waals surface area contributed by atoms with E-state index in [1.165, 1.54) is 0 Å². The molecule has 0 radical (unpaired) electrons. The predicted octanol–water partition coefficient (Wildman–Crippen LogP) is 2.98. The SMILES string of the molecule is O=C(O)C1(CF)CCN(c2ccc(Cl)cc2)CC1. The second kappa shape index (κ2) is 5.14. The number of benzene rings is 1. The Labute approximate surface area is 110 Å². The van der Waals surface area contributed by atoms with Crippen LogP contribution >= 0.6 is 11.6 Å². The van der Waals surface area contributed by atoms with Crippen LogP contribution in [0.4, 0.5) is 10.1 Å². The lowest BCUT2D eigenvalue weighted by Crippen LogP contribution is -2.45. The molecule has 1 fully saturated rings. The molecule has 0 spiro atoms. The van der Waals surface area contributed by atoms with Crippen LogP contribution in [0.3, 0.4) is 0 Å². The Morgan fingerprint density at radius 2 is 1.89 bits per heavy atom. The molecule has 0 bridgehead atoms. The molecule has 1 N–H and O–H groups in total. The fourth-order valence-corrected chi connectivity index (χ4v) is 2.38. The van der Waals surface area contributed by atoms with Gasteiger partial charge in [-0.3, -0.25) is 4.79 Å². The molecule has 3 nitrogen and oxygen atoms in total. The van der Waals surface area contributed by atoms with Crippen molar-refractivity contribution < 1.29 is 14.3 Å². The summed E-state index contributed by atoms with van der Waals surface area (Å²) in [4.78, 5) is 13.2. The standard InChI is InChI=1S/C13H15ClFNO2/c14-10-1-3-11(4-2-10)16-7-5-13(9-15,6-8-16)12(17)18/h1-4H,5-9H2,(H,17,18). The minimum Gasteiger partial charge on any atom is -0.481 e. The van der Waals surface area contributed by atoms with Gasteiger partial charge in [0.1, 0.15) is 6.67 Å². The molecule has 18 heavy (non-hydrogen) atoms. The van der Waals surface area contributed by atoms with Crippen LogP contribution in [0.2, 0.25) is 5.02 Å². The van der Waals surface area contributed by atoms with Gasteiger partial charge in [-0.05, 0) is 37.1 Å². The highest BCUT2D eigenvalue weighted by atomic mass is 35.5. The Morgan fingerprint density at radius 1 is 1.33 bits per heavy atom. The molecule has 0 atom stereocenters. The number of anilines is 1. The summed E-state index contributed by atoms with van der Waals surface area (Å²) in [5.41, 5.74) is -0.194. The molecule has 5 heteroatoms. The Bertz CT molecular complexity index is 427. The van der Waals surface area contributed by atoms with E-state index in [1.54, 1.807) is 12.1 Å². The van der Waals surface area contributed by atoms with Crippen molar-refractivity contribution in [2.45, 2.75) is 12.8 Å². The smallest absolute Gasteiger partial charge is 0.312 e. The lowest BCUT2D eigenvalue weighted by atomic mass is 9.79. The van der Waals surface area contributed by atoms with Gasteiger partial charge in [-0.1, -0.05) is 11.6 Å². The zero-order valence-corrected chi connectivity index (χ0v) is 10.7. The van der Waals surface area contributed by atoms with E-state index in [4.69, 9.17) is 16.7 Å². The van der Waals surface area contributed by atoms with E-state index in [2.05, 4.69) is 4.90 Å². The molecule has 2 rings (SSSR count). The van der Waals surface area contributed by atoms with Crippen LogP contribution in [-0.4, -0.2) is 30.8 Å². The van der Waals surface area contributed by atoms with E-state index < -0.39 is 18.1 Å². The van der Waals surface area contributed by atoms with Gasteiger partial charge >= 0.3 is 5.97 Å². The molecule has 0 unspecified atom stereocenters. The third-order valence-electron chi connectivity index (χ3n) is 3.62. The van der Waals surface area contributed by atoms with Crippen LogP contribution < -0.4 is 4.90 Å². The second-order valence-corrected chi connectivity index (χ2v) is 5.12. The lowest BCUT2D eigenvalue weighted by Gasteiger charge is -2.38. The summed E-state index contributed by atoms with van der Waals surface area (Å²) in [5.74, 6) is -1.03. The van der Waals surface area contributed by atoms with Crippen molar-refractivity contribution in [3.63, 3.8) is 0 Å². The van der Waals surface area contributed by atoms with Crippen molar-refractivity contribution in [1.29, 1.82) is 0 Å². The van der Waals surface area contributed by atoms with Gasteiger partial charge in [0, 0.05) is 23.8 Å². The summed E-state index contributed by atoms with van der Waals surface area (Å²) in [6, 6.07) is 7.38. The van der Waals surface area contributed by atoms with Gasteiger partial charge < -0.3 is 10.0 Å². The summed E-state index contributed by atoms with van der Waals surface area (Å²) in [6.45, 7) is 0.312. The molecule has 1 aliphatic heterocycles. The number of carboxylic acids is 1. The van der Waals surface area contributed by atoms with Gasteiger partial charge in [0.15, 0.2) is 0 Å². The molecule has 1 heterocycles. The van der Waals surface area contributed by atoms with Crippen molar-refractivity contribution in [3.8, 4) is 0 Å². The number of piperidine rings is 1. The average molecular weight is 272 g/mol. The first-order chi connectivity index (χ1) is 8.57. The maximum absolute atomic E-state index is 13.0. The summed E-state index contributed by atoms with van der Waals surface area (Å²) >= 11 is 5.81. The second-order valence-electron chi connectivity index (χ2n) is 4.68. The third-order valence-corrected chi connectivity index (χ3v) is 3.87. The minimum atomic E-state index is -1.19. The van der Waals surface area contributed by atoms with E-state index in [0.29, 0.717) is 31.0 Å². The normalized spacial score (nSPS) is 18.7. The number of aliphatic carboxylic acids is 1. The van der Waals surface area contributed by atoms with Gasteiger partial charge in [0.25, 0.3) is 0 Å². The Morgan fingerprint density at radius 3 is 2.33 bits per heavy atom.